The van der Waals surface area contributed by atoms with Crippen LogP contribution in [0.1, 0.15) is 12.5 Å². The van der Waals surface area contributed by atoms with E-state index in [9.17, 15) is 5.11 Å². The number of hydrogen-bond donors (Lipinski definition) is 2. The average Bonchev–Trinajstić information content (AvgIpc) is 2.20. The van der Waals surface area contributed by atoms with Crippen molar-refractivity contribution in [2.75, 3.05) is 25.5 Å². The van der Waals surface area contributed by atoms with Gasteiger partial charge in [-0.2, -0.15) is 0 Å². The molecule has 0 heterocycles. The van der Waals surface area contributed by atoms with E-state index in [0.29, 0.717) is 6.54 Å². The molecule has 16 heavy (non-hydrogen) atoms. The van der Waals surface area contributed by atoms with Gasteiger partial charge in [-0.1, -0.05) is 17.7 Å². The molecule has 0 fully saturated rings. The van der Waals surface area contributed by atoms with E-state index in [1.807, 2.05) is 37.2 Å². The second-order valence-corrected chi connectivity index (χ2v) is 4.44. The van der Waals surface area contributed by atoms with Crippen LogP contribution in [-0.2, 0) is 6.54 Å². The molecule has 0 aromatic heterocycles. The lowest BCUT2D eigenvalue weighted by Gasteiger charge is -2.21. The molecule has 0 bridgehead atoms. The number of anilines is 1. The molecule has 4 heteroatoms. The van der Waals surface area contributed by atoms with Gasteiger partial charge in [0, 0.05) is 30.8 Å². The molecule has 0 saturated carbocycles. The van der Waals surface area contributed by atoms with Crippen LogP contribution in [0.4, 0.5) is 5.69 Å². The Labute approximate surface area is 102 Å². The van der Waals surface area contributed by atoms with Crippen LogP contribution >= 0.6 is 11.6 Å². The number of rotatable bonds is 5. The zero-order valence-corrected chi connectivity index (χ0v) is 10.8. The number of hydrogen-bond acceptors (Lipinski definition) is 3. The SMILES string of the molecule is CNCc1ccc(N(C)CC(C)O)cc1Cl. The normalized spacial score (nSPS) is 12.6. The van der Waals surface area contributed by atoms with Gasteiger partial charge in [0.05, 0.1) is 6.10 Å². The number of benzene rings is 1. The highest BCUT2D eigenvalue weighted by atomic mass is 35.5. The van der Waals surface area contributed by atoms with Gasteiger partial charge in [-0.25, -0.2) is 0 Å². The molecular weight excluding hydrogens is 224 g/mol. The van der Waals surface area contributed by atoms with E-state index in [0.717, 1.165) is 22.8 Å². The summed E-state index contributed by atoms with van der Waals surface area (Å²) in [6.45, 7) is 3.13. The molecule has 0 aliphatic carbocycles. The van der Waals surface area contributed by atoms with Gasteiger partial charge in [0.25, 0.3) is 0 Å². The molecule has 0 aliphatic heterocycles. The van der Waals surface area contributed by atoms with E-state index in [2.05, 4.69) is 5.32 Å². The number of likely N-dealkylation sites (N-methyl/N-ethyl adjacent to an activating group) is 1. The Morgan fingerprint density at radius 3 is 2.69 bits per heavy atom. The van der Waals surface area contributed by atoms with Crippen LogP contribution in [-0.4, -0.2) is 31.9 Å². The van der Waals surface area contributed by atoms with E-state index in [-0.39, 0.29) is 6.10 Å². The third-order valence-electron chi connectivity index (χ3n) is 2.38. The standard InChI is InChI=1S/C12H19ClN2O/c1-9(16)8-15(3)11-5-4-10(7-14-2)12(13)6-11/h4-6,9,14,16H,7-8H2,1-3H3. The Morgan fingerprint density at radius 2 is 2.19 bits per heavy atom. The first-order valence-electron chi connectivity index (χ1n) is 5.36. The Kier molecular flexibility index (Phi) is 5.06. The topological polar surface area (TPSA) is 35.5 Å². The fraction of sp³-hybridized carbons (Fsp3) is 0.500. The van der Waals surface area contributed by atoms with E-state index >= 15 is 0 Å². The summed E-state index contributed by atoms with van der Waals surface area (Å²) < 4.78 is 0. The van der Waals surface area contributed by atoms with Crippen molar-refractivity contribution in [2.24, 2.45) is 0 Å². The number of aliphatic hydroxyl groups is 1. The van der Waals surface area contributed by atoms with Crippen molar-refractivity contribution in [1.82, 2.24) is 5.32 Å². The fourth-order valence-corrected chi connectivity index (χ4v) is 1.85. The molecule has 0 amide bonds. The van der Waals surface area contributed by atoms with Gasteiger partial charge in [0.2, 0.25) is 0 Å². The van der Waals surface area contributed by atoms with E-state index in [4.69, 9.17) is 11.6 Å². The highest BCUT2D eigenvalue weighted by Gasteiger charge is 2.07. The molecule has 2 N–H and O–H groups in total. The summed E-state index contributed by atoms with van der Waals surface area (Å²) >= 11 is 6.16. The van der Waals surface area contributed by atoms with E-state index in [1.165, 1.54) is 0 Å². The lowest BCUT2D eigenvalue weighted by Crippen LogP contribution is -2.26. The third-order valence-corrected chi connectivity index (χ3v) is 2.73. The highest BCUT2D eigenvalue weighted by Crippen LogP contribution is 2.23. The largest absolute Gasteiger partial charge is 0.392 e. The Balaban J connectivity index is 2.79. The van der Waals surface area contributed by atoms with Crippen molar-refractivity contribution >= 4 is 17.3 Å². The minimum absolute atomic E-state index is 0.347. The molecule has 0 spiro atoms. The molecule has 1 aromatic rings. The Bertz CT molecular complexity index is 342. The van der Waals surface area contributed by atoms with Gasteiger partial charge in [-0.05, 0) is 31.7 Å². The van der Waals surface area contributed by atoms with Gasteiger partial charge in [-0.15, -0.1) is 0 Å². The quantitative estimate of drug-likeness (QED) is 0.828. The van der Waals surface area contributed by atoms with Crippen LogP contribution in [0.5, 0.6) is 0 Å². The molecule has 90 valence electrons. The van der Waals surface area contributed by atoms with Crippen molar-refractivity contribution < 1.29 is 5.11 Å². The van der Waals surface area contributed by atoms with Crippen molar-refractivity contribution in [3.63, 3.8) is 0 Å². The molecule has 1 atom stereocenters. The average molecular weight is 243 g/mol. The Hall–Kier alpha value is -0.770. The van der Waals surface area contributed by atoms with E-state index in [1.54, 1.807) is 6.92 Å². The maximum absolute atomic E-state index is 9.31. The molecule has 1 unspecified atom stereocenters. The van der Waals surface area contributed by atoms with Gasteiger partial charge in [0.1, 0.15) is 0 Å². The van der Waals surface area contributed by atoms with Crippen molar-refractivity contribution in [3.05, 3.63) is 28.8 Å². The van der Waals surface area contributed by atoms with Crippen molar-refractivity contribution in [2.45, 2.75) is 19.6 Å². The van der Waals surface area contributed by atoms with Gasteiger partial charge >= 0.3 is 0 Å². The summed E-state index contributed by atoms with van der Waals surface area (Å²) in [7, 11) is 3.83. The van der Waals surface area contributed by atoms with Crippen LogP contribution in [0.15, 0.2) is 18.2 Å². The zero-order chi connectivity index (χ0) is 12.1. The number of nitrogens with one attached hydrogen (secondary N) is 1. The number of nitrogens with zero attached hydrogens (tertiary/aromatic N) is 1. The maximum Gasteiger partial charge on any atom is 0.0686 e. The lowest BCUT2D eigenvalue weighted by molar-refractivity contribution is 0.201. The number of aliphatic hydroxyl groups excluding tert-OH is 1. The van der Waals surface area contributed by atoms with Crippen molar-refractivity contribution in [3.8, 4) is 0 Å². The van der Waals surface area contributed by atoms with Crippen LogP contribution < -0.4 is 10.2 Å². The van der Waals surface area contributed by atoms with Crippen LogP contribution in [0.2, 0.25) is 5.02 Å². The Morgan fingerprint density at radius 1 is 1.50 bits per heavy atom. The summed E-state index contributed by atoms with van der Waals surface area (Å²) in [5.41, 5.74) is 2.10. The van der Waals surface area contributed by atoms with Gasteiger partial charge in [0.15, 0.2) is 0 Å². The van der Waals surface area contributed by atoms with Crippen LogP contribution in [0.3, 0.4) is 0 Å². The van der Waals surface area contributed by atoms with Crippen LogP contribution in [0, 0.1) is 0 Å². The van der Waals surface area contributed by atoms with Crippen LogP contribution in [0.25, 0.3) is 0 Å². The van der Waals surface area contributed by atoms with Gasteiger partial charge < -0.3 is 15.3 Å². The molecule has 1 rings (SSSR count). The predicted octanol–water partition coefficient (Wildman–Crippen LogP) is 1.88. The summed E-state index contributed by atoms with van der Waals surface area (Å²) in [6.07, 6.45) is -0.347. The molecule has 0 aliphatic rings. The fourth-order valence-electron chi connectivity index (χ4n) is 1.61. The van der Waals surface area contributed by atoms with Gasteiger partial charge in [-0.3, -0.25) is 0 Å². The second kappa shape index (κ2) is 6.09. The minimum atomic E-state index is -0.347. The number of halogens is 1. The first-order chi connectivity index (χ1) is 7.54. The lowest BCUT2D eigenvalue weighted by atomic mass is 10.2. The third kappa shape index (κ3) is 3.67. The molecule has 3 nitrogen and oxygen atoms in total. The molecule has 0 radical (unpaired) electrons. The van der Waals surface area contributed by atoms with E-state index < -0.39 is 0 Å². The first kappa shape index (κ1) is 13.3. The molecular formula is C12H19ClN2O. The first-order valence-corrected chi connectivity index (χ1v) is 5.74. The summed E-state index contributed by atoms with van der Waals surface area (Å²) in [6, 6.07) is 5.95. The monoisotopic (exact) mass is 242 g/mol. The summed E-state index contributed by atoms with van der Waals surface area (Å²) in [5.74, 6) is 0. The zero-order valence-electron chi connectivity index (χ0n) is 10.00. The summed E-state index contributed by atoms with van der Waals surface area (Å²) in [5, 5.41) is 13.1. The highest BCUT2D eigenvalue weighted by molar-refractivity contribution is 6.31. The minimum Gasteiger partial charge on any atom is -0.392 e. The predicted molar refractivity (Wildman–Crippen MR) is 69.2 cm³/mol. The smallest absolute Gasteiger partial charge is 0.0686 e. The summed E-state index contributed by atoms with van der Waals surface area (Å²) in [4.78, 5) is 1.99. The molecule has 0 saturated heterocycles. The second-order valence-electron chi connectivity index (χ2n) is 4.04. The van der Waals surface area contributed by atoms with Crippen molar-refractivity contribution in [1.29, 1.82) is 0 Å². The molecule has 1 aromatic carbocycles. The maximum atomic E-state index is 9.31.